The number of nitrogens with one attached hydrogen (secondary N) is 2. The second kappa shape index (κ2) is 9.01. The lowest BCUT2D eigenvalue weighted by atomic mass is 10.1. The van der Waals surface area contributed by atoms with Crippen LogP contribution in [0.1, 0.15) is 31.4 Å². The summed E-state index contributed by atoms with van der Waals surface area (Å²) < 4.78 is 4.42. The van der Waals surface area contributed by atoms with Gasteiger partial charge in [-0.25, -0.2) is 4.98 Å². The van der Waals surface area contributed by atoms with Crippen molar-refractivity contribution in [3.63, 3.8) is 0 Å². The Morgan fingerprint density at radius 3 is 2.89 bits per heavy atom. The molecule has 3 heterocycles. The molecule has 1 unspecified atom stereocenters. The van der Waals surface area contributed by atoms with E-state index in [0.717, 1.165) is 51.0 Å². The average Bonchev–Trinajstić information content (AvgIpc) is 3.47. The summed E-state index contributed by atoms with van der Waals surface area (Å²) in [7, 11) is 0. The van der Waals surface area contributed by atoms with E-state index in [-0.39, 0.29) is 5.92 Å². The third-order valence-corrected chi connectivity index (χ3v) is 6.52. The summed E-state index contributed by atoms with van der Waals surface area (Å²) in [6, 6.07) is 8.60. The zero-order chi connectivity index (χ0) is 20.1. The molecular weight excluding hydrogens is 388 g/mol. The van der Waals surface area contributed by atoms with Crippen LogP contribution in [-0.2, 0) is 0 Å². The van der Waals surface area contributed by atoms with Gasteiger partial charge in [0, 0.05) is 24.7 Å². The van der Waals surface area contributed by atoms with Crippen molar-refractivity contribution in [2.45, 2.75) is 31.4 Å². The van der Waals surface area contributed by atoms with Crippen molar-refractivity contribution in [2.75, 3.05) is 22.7 Å². The maximum absolute atomic E-state index is 9.26. The Balaban J connectivity index is 0.00000109. The van der Waals surface area contributed by atoms with Crippen LogP contribution in [0.25, 0.3) is 10.9 Å². The molecular formula is C20H22N6S2. The number of aromatic nitrogens is 2. The van der Waals surface area contributed by atoms with E-state index in [1.165, 1.54) is 11.9 Å². The van der Waals surface area contributed by atoms with Gasteiger partial charge >= 0.3 is 0 Å². The van der Waals surface area contributed by atoms with Crippen molar-refractivity contribution in [2.24, 2.45) is 5.92 Å². The van der Waals surface area contributed by atoms with E-state index < -0.39 is 0 Å². The Bertz CT molecular complexity index is 1040. The number of aryl methyl sites for hydroxylation is 1. The predicted octanol–water partition coefficient (Wildman–Crippen LogP) is 5.30. The van der Waals surface area contributed by atoms with Crippen molar-refractivity contribution < 1.29 is 0 Å². The Labute approximate surface area is 173 Å². The molecule has 2 N–H and O–H groups in total. The van der Waals surface area contributed by atoms with Crippen LogP contribution in [0.15, 0.2) is 28.7 Å². The van der Waals surface area contributed by atoms with E-state index in [4.69, 9.17) is 5.26 Å². The fourth-order valence-electron chi connectivity index (χ4n) is 3.18. The number of hydrogen-bond donors (Lipinski definition) is 2. The smallest absolute Gasteiger partial charge is 0.186 e. The maximum Gasteiger partial charge on any atom is 0.186 e. The van der Waals surface area contributed by atoms with E-state index >= 15 is 0 Å². The van der Waals surface area contributed by atoms with Gasteiger partial charge in [0.15, 0.2) is 5.13 Å². The quantitative estimate of drug-likeness (QED) is 0.567. The number of rotatable bonds is 4. The molecule has 0 radical (unpaired) electrons. The lowest BCUT2D eigenvalue weighted by molar-refractivity contribution is 0.754. The van der Waals surface area contributed by atoms with Crippen LogP contribution in [0.2, 0.25) is 0 Å². The summed E-state index contributed by atoms with van der Waals surface area (Å²) in [5, 5.41) is 20.2. The van der Waals surface area contributed by atoms with Crippen LogP contribution >= 0.6 is 23.3 Å². The van der Waals surface area contributed by atoms with E-state index in [1.807, 2.05) is 39.1 Å². The van der Waals surface area contributed by atoms with Crippen molar-refractivity contribution in [1.82, 2.24) is 9.97 Å². The molecule has 0 amide bonds. The molecule has 1 fully saturated rings. The van der Waals surface area contributed by atoms with Crippen molar-refractivity contribution in [3.8, 4) is 12.1 Å². The highest BCUT2D eigenvalue weighted by atomic mass is 32.2. The molecule has 2 aromatic heterocycles. The first-order valence-electron chi connectivity index (χ1n) is 9.23. The van der Waals surface area contributed by atoms with Gasteiger partial charge in [-0.2, -0.15) is 10.5 Å². The van der Waals surface area contributed by atoms with Gasteiger partial charge in [0.05, 0.1) is 35.0 Å². The predicted molar refractivity (Wildman–Crippen MR) is 117 cm³/mol. The molecule has 0 saturated carbocycles. The van der Waals surface area contributed by atoms with Crippen LogP contribution in [0.3, 0.4) is 0 Å². The zero-order valence-corrected chi connectivity index (χ0v) is 17.7. The summed E-state index contributed by atoms with van der Waals surface area (Å²) >= 11 is 3.13. The molecule has 1 aliphatic heterocycles. The number of hydrogen-bond acceptors (Lipinski definition) is 7. The van der Waals surface area contributed by atoms with Crippen molar-refractivity contribution in [3.05, 3.63) is 35.7 Å². The molecule has 1 saturated heterocycles. The molecule has 4 rings (SSSR count). The molecule has 1 aliphatic rings. The Morgan fingerprint density at radius 2 is 2.18 bits per heavy atom. The normalized spacial score (nSPS) is 15.6. The number of benzene rings is 1. The van der Waals surface area contributed by atoms with Crippen LogP contribution in [0.4, 0.5) is 10.8 Å². The van der Waals surface area contributed by atoms with Crippen LogP contribution in [0.5, 0.6) is 0 Å². The van der Waals surface area contributed by atoms with Gasteiger partial charge in [-0.05, 0) is 36.9 Å². The SMILES string of the molecule is CC.Cc1ccc(NSc2cnc(N3CCC(C#N)C3)s2)c2[nH]cc(C#N)c12. The molecule has 1 aromatic carbocycles. The Hall–Kier alpha value is -2.68. The standard InChI is InChI=1S/C18H16N6S2.C2H6/c1-11-2-3-14(17-16(11)13(7-20)8-21-17)23-26-15-9-22-18(25-15)24-5-4-12(6-19)10-24;1-2/h2-3,8-9,12,21,23H,4-5,10H2,1H3;1-2H3. The minimum Gasteiger partial charge on any atom is -0.358 e. The second-order valence-electron chi connectivity index (χ2n) is 6.22. The maximum atomic E-state index is 9.26. The van der Waals surface area contributed by atoms with E-state index in [1.54, 1.807) is 17.5 Å². The third-order valence-electron chi connectivity index (χ3n) is 4.54. The Kier molecular flexibility index (Phi) is 6.45. The number of anilines is 2. The van der Waals surface area contributed by atoms with Crippen molar-refractivity contribution in [1.29, 1.82) is 10.5 Å². The van der Waals surface area contributed by atoms with E-state index in [0.29, 0.717) is 5.56 Å². The molecule has 0 spiro atoms. The fourth-order valence-corrected chi connectivity index (χ4v) is 4.87. The first kappa shape index (κ1) is 20.1. The lowest BCUT2D eigenvalue weighted by Crippen LogP contribution is -2.18. The molecule has 3 aromatic rings. The number of aromatic amines is 1. The number of fused-ring (bicyclic) bond motifs is 1. The highest BCUT2D eigenvalue weighted by molar-refractivity contribution is 8.02. The van der Waals surface area contributed by atoms with Gasteiger partial charge in [0.25, 0.3) is 0 Å². The second-order valence-corrected chi connectivity index (χ2v) is 8.34. The van der Waals surface area contributed by atoms with Crippen molar-refractivity contribution >= 4 is 45.0 Å². The number of nitriles is 2. The van der Waals surface area contributed by atoms with Crippen LogP contribution < -0.4 is 9.62 Å². The lowest BCUT2D eigenvalue weighted by Gasteiger charge is -2.12. The van der Waals surface area contributed by atoms with Crippen LogP contribution in [0, 0.1) is 35.5 Å². The molecule has 6 nitrogen and oxygen atoms in total. The Morgan fingerprint density at radius 1 is 1.36 bits per heavy atom. The van der Waals surface area contributed by atoms with Gasteiger partial charge in [0.1, 0.15) is 10.3 Å². The molecule has 144 valence electrons. The number of nitrogens with zero attached hydrogens (tertiary/aromatic N) is 4. The largest absolute Gasteiger partial charge is 0.358 e. The summed E-state index contributed by atoms with van der Waals surface area (Å²) in [5.74, 6) is 0.108. The molecule has 28 heavy (non-hydrogen) atoms. The fraction of sp³-hybridized carbons (Fsp3) is 0.350. The van der Waals surface area contributed by atoms with Crippen LogP contribution in [-0.4, -0.2) is 23.1 Å². The molecule has 1 atom stereocenters. The first-order chi connectivity index (χ1) is 13.7. The third kappa shape index (κ3) is 3.94. The van der Waals surface area contributed by atoms with Gasteiger partial charge in [0.2, 0.25) is 0 Å². The molecule has 0 aliphatic carbocycles. The highest BCUT2D eigenvalue weighted by Gasteiger charge is 2.24. The van der Waals surface area contributed by atoms with Gasteiger partial charge < -0.3 is 14.6 Å². The summed E-state index contributed by atoms with van der Waals surface area (Å²) in [6.07, 6.45) is 4.52. The minimum absolute atomic E-state index is 0.108. The molecule has 0 bridgehead atoms. The van der Waals surface area contributed by atoms with E-state index in [9.17, 15) is 5.26 Å². The molecule has 8 heteroatoms. The topological polar surface area (TPSA) is 91.5 Å². The highest BCUT2D eigenvalue weighted by Crippen LogP contribution is 2.35. The summed E-state index contributed by atoms with van der Waals surface area (Å²) in [4.78, 5) is 9.87. The summed E-state index contributed by atoms with van der Waals surface area (Å²) in [5.41, 5.74) is 3.62. The van der Waals surface area contributed by atoms with Gasteiger partial charge in [-0.1, -0.05) is 31.3 Å². The minimum atomic E-state index is 0.108. The number of thiazole rings is 1. The summed E-state index contributed by atoms with van der Waals surface area (Å²) in [6.45, 7) is 7.66. The van der Waals surface area contributed by atoms with Gasteiger partial charge in [-0.15, -0.1) is 0 Å². The first-order valence-corrected chi connectivity index (χ1v) is 10.9. The average molecular weight is 411 g/mol. The number of H-pyrrole nitrogens is 1. The monoisotopic (exact) mass is 410 g/mol. The van der Waals surface area contributed by atoms with Gasteiger partial charge in [-0.3, -0.25) is 0 Å². The van der Waals surface area contributed by atoms with E-state index in [2.05, 4.69) is 31.7 Å². The zero-order valence-electron chi connectivity index (χ0n) is 16.1.